The number of rotatable bonds is 14. The summed E-state index contributed by atoms with van der Waals surface area (Å²) in [7, 11) is 1.41. The van der Waals surface area contributed by atoms with Gasteiger partial charge in [-0.1, -0.05) is 57.2 Å². The van der Waals surface area contributed by atoms with Crippen LogP contribution in [0.1, 0.15) is 78.6 Å². The summed E-state index contributed by atoms with van der Waals surface area (Å²) in [5.41, 5.74) is 22.3. The first kappa shape index (κ1) is 47.6. The number of aromatic nitrogens is 2. The van der Waals surface area contributed by atoms with Crippen LogP contribution in [0.25, 0.3) is 22.5 Å². The van der Waals surface area contributed by atoms with Crippen molar-refractivity contribution in [1.29, 1.82) is 0 Å². The monoisotopic (exact) mass is 865 g/mol. The molecule has 17 nitrogen and oxygen atoms in total. The Morgan fingerprint density at radius 3 is 2.00 bits per heavy atom. The largest absolute Gasteiger partial charge is 0.492 e. The summed E-state index contributed by atoms with van der Waals surface area (Å²) >= 11 is 0. The standard InChI is InChI=1S/C46H59N9O8/c1-25-38(26(2)51-40(50-25)29-9-12-31(13-10-29)46(4,5)6)42(57)53-34(16-17-47)44(59)55(7)39-30-11-15-37(63-21-19-49)33(24-30)32-22-28(8-14-36(32)62-20-18-48)23-35(45(60)61)54-41(56)27(3)52-43(39)58/h8-15,22,24,27,34-35,39H,16-21,23,47-49H2,1-7H3,(H,52,58)(H,53,57)(H,54,56)(H,60,61)/t27-,34?,35-,39-/m0/s1. The normalized spacial score (nSPS) is 17.1. The molecule has 0 fully saturated rings. The molecule has 2 heterocycles. The van der Waals surface area contributed by atoms with E-state index in [9.17, 15) is 29.1 Å². The molecular formula is C46H59N9O8. The molecule has 0 saturated heterocycles. The first-order chi connectivity index (χ1) is 29.9. The van der Waals surface area contributed by atoms with E-state index in [1.54, 1.807) is 50.2 Å². The summed E-state index contributed by atoms with van der Waals surface area (Å²) in [6.45, 7) is 11.8. The summed E-state index contributed by atoms with van der Waals surface area (Å²) in [5.74, 6) is -2.90. The number of aliphatic carboxylic acids is 1. The molecule has 1 aromatic heterocycles. The van der Waals surface area contributed by atoms with E-state index in [1.807, 2.05) is 24.3 Å². The van der Waals surface area contributed by atoms with E-state index in [0.717, 1.165) is 11.1 Å². The molecule has 4 atom stereocenters. The summed E-state index contributed by atoms with van der Waals surface area (Å²) in [5, 5.41) is 18.1. The maximum atomic E-state index is 14.6. The summed E-state index contributed by atoms with van der Waals surface area (Å²) in [4.78, 5) is 79.5. The number of benzene rings is 3. The maximum Gasteiger partial charge on any atom is 0.326 e. The third-order valence-corrected chi connectivity index (χ3v) is 10.8. The number of nitrogens with two attached hydrogens (primary N) is 3. The summed E-state index contributed by atoms with van der Waals surface area (Å²) in [6.07, 6.45) is -0.0962. The predicted octanol–water partition coefficient (Wildman–Crippen LogP) is 2.68. The lowest BCUT2D eigenvalue weighted by molar-refractivity contribution is -0.143. The van der Waals surface area contributed by atoms with E-state index in [2.05, 4.69) is 46.7 Å². The van der Waals surface area contributed by atoms with E-state index in [-0.39, 0.29) is 56.7 Å². The van der Waals surface area contributed by atoms with Crippen LogP contribution in [0.15, 0.2) is 60.7 Å². The van der Waals surface area contributed by atoms with Gasteiger partial charge in [0.25, 0.3) is 5.91 Å². The topological polar surface area (TPSA) is 267 Å². The molecule has 0 spiro atoms. The van der Waals surface area contributed by atoms with Crippen molar-refractivity contribution in [2.45, 2.75) is 84.0 Å². The van der Waals surface area contributed by atoms with Crippen LogP contribution in [0.3, 0.4) is 0 Å². The highest BCUT2D eigenvalue weighted by atomic mass is 16.5. The number of nitrogens with zero attached hydrogens (tertiary/aromatic N) is 3. The van der Waals surface area contributed by atoms with Gasteiger partial charge in [0.2, 0.25) is 17.7 Å². The smallest absolute Gasteiger partial charge is 0.326 e. The Morgan fingerprint density at radius 2 is 1.44 bits per heavy atom. The van der Waals surface area contributed by atoms with E-state index in [0.29, 0.717) is 51.0 Å². The van der Waals surface area contributed by atoms with E-state index in [4.69, 9.17) is 26.7 Å². The van der Waals surface area contributed by atoms with Gasteiger partial charge < -0.3 is 52.6 Å². The van der Waals surface area contributed by atoms with Gasteiger partial charge in [0, 0.05) is 43.2 Å². The number of carbonyl (C=O) groups is 5. The molecule has 1 aliphatic rings. The number of likely N-dealkylation sites (N-methyl/N-ethyl adjacent to an activating group) is 1. The van der Waals surface area contributed by atoms with Crippen molar-refractivity contribution in [2.75, 3.05) is 39.9 Å². The Morgan fingerprint density at radius 1 is 0.857 bits per heavy atom. The lowest BCUT2D eigenvalue weighted by Crippen LogP contribution is -2.55. The molecule has 17 heteroatoms. The zero-order valence-corrected chi connectivity index (χ0v) is 36.9. The van der Waals surface area contributed by atoms with Crippen LogP contribution in [0.2, 0.25) is 0 Å². The zero-order valence-electron chi connectivity index (χ0n) is 36.9. The minimum absolute atomic E-state index is 0.000542. The predicted molar refractivity (Wildman–Crippen MR) is 238 cm³/mol. The number of carbonyl (C=O) groups excluding carboxylic acids is 4. The Bertz CT molecular complexity index is 2310. The molecule has 0 radical (unpaired) electrons. The molecule has 4 aromatic rings. The van der Waals surface area contributed by atoms with Gasteiger partial charge in [0.15, 0.2) is 5.82 Å². The van der Waals surface area contributed by atoms with Gasteiger partial charge in [0.05, 0.1) is 17.0 Å². The van der Waals surface area contributed by atoms with Crippen LogP contribution in [0, 0.1) is 13.8 Å². The minimum Gasteiger partial charge on any atom is -0.492 e. The van der Waals surface area contributed by atoms with Crippen molar-refractivity contribution in [1.82, 2.24) is 30.8 Å². The van der Waals surface area contributed by atoms with Gasteiger partial charge in [0.1, 0.15) is 48.9 Å². The molecule has 1 unspecified atom stereocenters. The zero-order chi connectivity index (χ0) is 46.2. The van der Waals surface area contributed by atoms with E-state index < -0.39 is 53.8 Å². The maximum absolute atomic E-state index is 14.6. The number of hydrogen-bond donors (Lipinski definition) is 7. The first-order valence-corrected chi connectivity index (χ1v) is 20.9. The number of nitrogens with one attached hydrogen (secondary N) is 3. The second-order valence-electron chi connectivity index (χ2n) is 16.6. The van der Waals surface area contributed by atoms with Gasteiger partial charge in [-0.2, -0.15) is 0 Å². The van der Waals surface area contributed by atoms with Gasteiger partial charge in [-0.05, 0) is 80.1 Å². The van der Waals surface area contributed by atoms with Crippen molar-refractivity contribution >= 4 is 29.6 Å². The molecule has 336 valence electrons. The molecule has 1 aliphatic heterocycles. The number of aryl methyl sites for hydroxylation is 2. The van der Waals surface area contributed by atoms with Crippen LogP contribution in [-0.4, -0.2) is 108 Å². The Balaban J connectivity index is 1.56. The molecule has 4 bridgehead atoms. The van der Waals surface area contributed by atoms with Crippen LogP contribution < -0.4 is 42.6 Å². The van der Waals surface area contributed by atoms with E-state index >= 15 is 0 Å². The fourth-order valence-corrected chi connectivity index (χ4v) is 7.39. The van der Waals surface area contributed by atoms with Crippen LogP contribution >= 0.6 is 0 Å². The van der Waals surface area contributed by atoms with Gasteiger partial charge in [-0.25, -0.2) is 14.8 Å². The highest BCUT2D eigenvalue weighted by Crippen LogP contribution is 2.40. The molecule has 4 amide bonds. The number of amides is 4. The third-order valence-electron chi connectivity index (χ3n) is 10.8. The summed E-state index contributed by atoms with van der Waals surface area (Å²) in [6, 6.07) is 12.7. The average Bonchev–Trinajstić information content (AvgIpc) is 3.23. The van der Waals surface area contributed by atoms with Gasteiger partial charge in [-0.3, -0.25) is 19.2 Å². The second kappa shape index (κ2) is 20.6. The molecule has 0 saturated carbocycles. The molecule has 5 rings (SSSR count). The van der Waals surface area contributed by atoms with E-state index in [1.165, 1.54) is 18.9 Å². The molecule has 3 aromatic carbocycles. The fourth-order valence-electron chi connectivity index (χ4n) is 7.39. The van der Waals surface area contributed by atoms with Crippen LogP contribution in [-0.2, 0) is 31.0 Å². The molecule has 10 N–H and O–H groups in total. The molecule has 63 heavy (non-hydrogen) atoms. The van der Waals surface area contributed by atoms with Crippen LogP contribution in [0.5, 0.6) is 11.5 Å². The van der Waals surface area contributed by atoms with Crippen molar-refractivity contribution < 1.29 is 38.6 Å². The Kier molecular flexibility index (Phi) is 15.6. The highest BCUT2D eigenvalue weighted by Gasteiger charge is 2.36. The van der Waals surface area contributed by atoms with Gasteiger partial charge >= 0.3 is 5.97 Å². The van der Waals surface area contributed by atoms with Gasteiger partial charge in [-0.15, -0.1) is 0 Å². The Labute approximate surface area is 367 Å². The lowest BCUT2D eigenvalue weighted by atomic mass is 9.86. The minimum atomic E-state index is -1.40. The van der Waals surface area contributed by atoms with Crippen molar-refractivity contribution in [3.63, 3.8) is 0 Å². The van der Waals surface area contributed by atoms with Crippen molar-refractivity contribution in [2.24, 2.45) is 17.2 Å². The number of carboxylic acid groups (broad SMARTS) is 1. The lowest BCUT2D eigenvalue weighted by Gasteiger charge is -2.32. The number of ether oxygens (including phenoxy) is 2. The summed E-state index contributed by atoms with van der Waals surface area (Å²) < 4.78 is 12.1. The molecular weight excluding hydrogens is 807 g/mol. The van der Waals surface area contributed by atoms with Crippen molar-refractivity contribution in [3.8, 4) is 34.0 Å². The van der Waals surface area contributed by atoms with Crippen molar-refractivity contribution in [3.05, 3.63) is 94.3 Å². The third kappa shape index (κ3) is 11.3. The number of fused-ring (bicyclic) bond motifs is 5. The number of carboxylic acids is 1. The van der Waals surface area contributed by atoms with Crippen LogP contribution in [0.4, 0.5) is 0 Å². The fraction of sp³-hybridized carbons (Fsp3) is 0.413. The molecule has 0 aliphatic carbocycles. The first-order valence-electron chi connectivity index (χ1n) is 20.9. The Hall–Kier alpha value is -6.43. The second-order valence-corrected chi connectivity index (χ2v) is 16.6. The number of hydrogen-bond acceptors (Lipinski definition) is 12. The average molecular weight is 866 g/mol. The highest BCUT2D eigenvalue weighted by molar-refractivity contribution is 6.00. The quantitative estimate of drug-likeness (QED) is 0.0963. The SMILES string of the molecule is Cc1nc(-c2ccc(C(C)(C)C)cc2)nc(C)c1C(=O)NC(CCN)C(=O)N(C)[C@@H]1C(=O)N[C@@H](C)C(=O)N[C@H](C(=O)O)Cc2ccc(OCCN)c(c2)-c2cc1ccc2OCCN.